The van der Waals surface area contributed by atoms with Crippen molar-refractivity contribution >= 4 is 5.91 Å². The Morgan fingerprint density at radius 1 is 1.06 bits per heavy atom. The molecule has 1 saturated heterocycles. The van der Waals surface area contributed by atoms with E-state index in [2.05, 4.69) is 52.9 Å². The second-order valence-electron chi connectivity index (χ2n) is 12.8. The molecule has 0 bridgehead atoms. The quantitative estimate of drug-likeness (QED) is 0.442. The number of carbonyl (C=O) groups is 1. The van der Waals surface area contributed by atoms with Crippen LogP contribution in [-0.4, -0.2) is 5.91 Å². The molecule has 31 heavy (non-hydrogen) atoms. The Kier molecular flexibility index (Phi) is 6.68. The Morgan fingerprint density at radius 3 is 2.55 bits per heavy atom. The molecule has 0 aromatic rings. The van der Waals surface area contributed by atoms with Gasteiger partial charge in [0.25, 0.3) is 0 Å². The van der Waals surface area contributed by atoms with E-state index in [0.717, 1.165) is 41.9 Å². The van der Waals surface area contributed by atoms with Gasteiger partial charge in [0.1, 0.15) is 0 Å². The van der Waals surface area contributed by atoms with Gasteiger partial charge in [-0.15, -0.1) is 0 Å². The number of rotatable bonds is 7. The van der Waals surface area contributed by atoms with E-state index in [1.54, 1.807) is 0 Å². The maximum atomic E-state index is 12.2. The molecule has 2 heteroatoms. The summed E-state index contributed by atoms with van der Waals surface area (Å²) in [5, 5.41) is 3.33. The first-order valence-corrected chi connectivity index (χ1v) is 13.7. The van der Waals surface area contributed by atoms with E-state index in [1.807, 2.05) is 0 Å². The Labute approximate surface area is 192 Å². The lowest BCUT2D eigenvalue weighted by Gasteiger charge is -2.60. The Balaban J connectivity index is 1.59. The van der Waals surface area contributed by atoms with Gasteiger partial charge < -0.3 is 5.32 Å². The van der Waals surface area contributed by atoms with Gasteiger partial charge in [-0.25, -0.2) is 0 Å². The molecule has 3 aliphatic carbocycles. The zero-order chi connectivity index (χ0) is 22.4. The van der Waals surface area contributed by atoms with Gasteiger partial charge in [-0.05, 0) is 85.4 Å². The van der Waals surface area contributed by atoms with Crippen LogP contribution >= 0.6 is 0 Å². The summed E-state index contributed by atoms with van der Waals surface area (Å²) in [6.45, 7) is 14.8. The molecule has 4 rings (SSSR count). The highest BCUT2D eigenvalue weighted by molar-refractivity contribution is 5.79. The number of hydrogen-bond donors (Lipinski definition) is 1. The van der Waals surface area contributed by atoms with Crippen LogP contribution in [0.15, 0.2) is 11.8 Å². The predicted octanol–water partition coefficient (Wildman–Crippen LogP) is 7.74. The van der Waals surface area contributed by atoms with Crippen molar-refractivity contribution in [2.24, 2.45) is 52.3 Å². The highest BCUT2D eigenvalue weighted by Crippen LogP contribution is 2.67. The van der Waals surface area contributed by atoms with Crippen molar-refractivity contribution in [2.45, 2.75) is 112 Å². The normalized spacial score (nSPS) is 43.0. The van der Waals surface area contributed by atoms with Crippen LogP contribution < -0.4 is 5.32 Å². The molecule has 176 valence electrons. The van der Waals surface area contributed by atoms with Crippen LogP contribution in [0.1, 0.15) is 112 Å². The van der Waals surface area contributed by atoms with Crippen LogP contribution in [0, 0.1) is 52.3 Å². The van der Waals surface area contributed by atoms with Gasteiger partial charge in [0.15, 0.2) is 0 Å². The van der Waals surface area contributed by atoms with Crippen LogP contribution in [0.25, 0.3) is 0 Å². The third kappa shape index (κ3) is 4.04. The smallest absolute Gasteiger partial charge is 0.224 e. The minimum Gasteiger partial charge on any atom is -0.330 e. The van der Waals surface area contributed by atoms with Crippen LogP contribution in [0.4, 0.5) is 0 Å². The molecule has 1 heterocycles. The molecule has 2 nitrogen and oxygen atoms in total. The first-order valence-electron chi connectivity index (χ1n) is 13.7. The van der Waals surface area contributed by atoms with Crippen molar-refractivity contribution in [3.05, 3.63) is 11.8 Å². The number of nitrogens with one attached hydrogen (secondary N) is 1. The third-order valence-electron chi connectivity index (χ3n) is 10.6. The summed E-state index contributed by atoms with van der Waals surface area (Å²) in [4.78, 5) is 12.2. The lowest BCUT2D eigenvalue weighted by molar-refractivity contribution is -0.126. The molecule has 7 unspecified atom stereocenters. The average molecular weight is 428 g/mol. The van der Waals surface area contributed by atoms with Crippen molar-refractivity contribution < 1.29 is 4.79 Å². The van der Waals surface area contributed by atoms with E-state index in [4.69, 9.17) is 0 Å². The molecule has 0 aromatic carbocycles. The largest absolute Gasteiger partial charge is 0.330 e. The fourth-order valence-electron chi connectivity index (χ4n) is 8.97. The summed E-state index contributed by atoms with van der Waals surface area (Å²) in [6.07, 6.45) is 16.8. The minimum atomic E-state index is 0.200. The average Bonchev–Trinajstić information content (AvgIpc) is 3.06. The standard InChI is InChI=1S/C29H49NO/c1-7-9-21-18-25-29(6,17-15-26(31)30-25)24-14-16-28(5)22(12-13-23(28)27(21)24)20(4)11-8-10-19(2)3/h18-24,27H,7-17H2,1-6H3,(H,30,31)/t20?,21?,22?,23?,24?,27?,28?,29-/m1/s1. The first kappa shape index (κ1) is 23.4. The Bertz CT molecular complexity index is 695. The molecule has 1 N–H and O–H groups in total. The van der Waals surface area contributed by atoms with Crippen molar-refractivity contribution in [2.75, 3.05) is 0 Å². The van der Waals surface area contributed by atoms with Gasteiger partial charge in [-0.1, -0.05) is 73.3 Å². The predicted molar refractivity (Wildman–Crippen MR) is 130 cm³/mol. The van der Waals surface area contributed by atoms with Crippen molar-refractivity contribution in [1.82, 2.24) is 5.32 Å². The van der Waals surface area contributed by atoms with Gasteiger partial charge in [0.2, 0.25) is 5.91 Å². The Hall–Kier alpha value is -0.790. The fraction of sp³-hybridized carbons (Fsp3) is 0.897. The number of piperidine rings is 1. The summed E-state index contributed by atoms with van der Waals surface area (Å²) < 4.78 is 0. The zero-order valence-electron chi connectivity index (χ0n) is 21.3. The van der Waals surface area contributed by atoms with Crippen molar-refractivity contribution in [3.8, 4) is 0 Å². The van der Waals surface area contributed by atoms with Crippen LogP contribution in [-0.2, 0) is 4.79 Å². The topological polar surface area (TPSA) is 29.1 Å². The monoisotopic (exact) mass is 427 g/mol. The highest BCUT2D eigenvalue weighted by atomic mass is 16.1. The summed E-state index contributed by atoms with van der Waals surface area (Å²) in [5.74, 6) is 6.00. The molecule has 8 atom stereocenters. The van der Waals surface area contributed by atoms with Gasteiger partial charge in [0.05, 0.1) is 0 Å². The lowest BCUT2D eigenvalue weighted by atomic mass is 9.46. The number of hydrogen-bond acceptors (Lipinski definition) is 1. The molecule has 0 aromatic heterocycles. The summed E-state index contributed by atoms with van der Waals surface area (Å²) in [6, 6.07) is 0. The molecule has 0 radical (unpaired) electrons. The second-order valence-corrected chi connectivity index (χ2v) is 12.8. The number of carbonyl (C=O) groups excluding carboxylic acids is 1. The molecule has 4 aliphatic rings. The molecular formula is C29H49NO. The number of fused-ring (bicyclic) bond motifs is 5. The van der Waals surface area contributed by atoms with Crippen molar-refractivity contribution in [1.29, 1.82) is 0 Å². The number of allylic oxidation sites excluding steroid dienone is 2. The van der Waals surface area contributed by atoms with E-state index in [-0.39, 0.29) is 11.3 Å². The van der Waals surface area contributed by atoms with Crippen molar-refractivity contribution in [3.63, 3.8) is 0 Å². The van der Waals surface area contributed by atoms with E-state index in [9.17, 15) is 4.79 Å². The van der Waals surface area contributed by atoms with Crippen LogP contribution in [0.2, 0.25) is 0 Å². The van der Waals surface area contributed by atoms with E-state index >= 15 is 0 Å². The van der Waals surface area contributed by atoms with Crippen LogP contribution in [0.3, 0.4) is 0 Å². The lowest BCUT2D eigenvalue weighted by Crippen LogP contribution is -2.55. The second kappa shape index (κ2) is 8.86. The van der Waals surface area contributed by atoms with Gasteiger partial charge in [0, 0.05) is 17.5 Å². The van der Waals surface area contributed by atoms with E-state index < -0.39 is 0 Å². The molecule has 0 spiro atoms. The van der Waals surface area contributed by atoms with Gasteiger partial charge in [-0.2, -0.15) is 0 Å². The number of amides is 1. The maximum Gasteiger partial charge on any atom is 0.224 e. The maximum absolute atomic E-state index is 12.2. The molecule has 1 amide bonds. The Morgan fingerprint density at radius 2 is 1.84 bits per heavy atom. The van der Waals surface area contributed by atoms with E-state index in [1.165, 1.54) is 63.5 Å². The molecular weight excluding hydrogens is 378 g/mol. The summed E-state index contributed by atoms with van der Waals surface area (Å²) in [7, 11) is 0. The first-order chi connectivity index (χ1) is 14.7. The van der Waals surface area contributed by atoms with Crippen LogP contribution in [0.5, 0.6) is 0 Å². The third-order valence-corrected chi connectivity index (χ3v) is 10.6. The molecule has 2 saturated carbocycles. The fourth-order valence-corrected chi connectivity index (χ4v) is 8.97. The van der Waals surface area contributed by atoms with Gasteiger partial charge in [-0.3, -0.25) is 4.79 Å². The molecule has 3 fully saturated rings. The van der Waals surface area contributed by atoms with E-state index in [0.29, 0.717) is 17.8 Å². The highest BCUT2D eigenvalue weighted by Gasteiger charge is 2.61. The zero-order valence-corrected chi connectivity index (χ0v) is 21.3. The van der Waals surface area contributed by atoms with Gasteiger partial charge >= 0.3 is 0 Å². The minimum absolute atomic E-state index is 0.200. The molecule has 1 aliphatic heterocycles. The summed E-state index contributed by atoms with van der Waals surface area (Å²) in [5.41, 5.74) is 2.03. The SMILES string of the molecule is CCCC1C=C2NC(=O)CC[C@]2(C)C2CCC3(C)C(C(C)CCCC(C)C)CCC3C12. The summed E-state index contributed by atoms with van der Waals surface area (Å²) >= 11 is 0.